The second-order valence-electron chi connectivity index (χ2n) is 8.30. The van der Waals surface area contributed by atoms with Gasteiger partial charge in [0.1, 0.15) is 11.6 Å². The van der Waals surface area contributed by atoms with Crippen LogP contribution in [0.4, 0.5) is 5.13 Å². The predicted molar refractivity (Wildman–Crippen MR) is 137 cm³/mol. The molecule has 0 radical (unpaired) electrons. The van der Waals surface area contributed by atoms with Crippen molar-refractivity contribution in [2.24, 2.45) is 0 Å². The summed E-state index contributed by atoms with van der Waals surface area (Å²) in [5.41, 5.74) is 4.74. The average molecular weight is 471 g/mol. The molecule has 0 saturated heterocycles. The number of rotatable bonds is 7. The number of carbonyl (C=O) groups is 2. The molecule has 1 aromatic heterocycles. The first-order valence-corrected chi connectivity index (χ1v) is 11.9. The molecule has 0 unspecified atom stereocenters. The van der Waals surface area contributed by atoms with Gasteiger partial charge in [-0.2, -0.15) is 0 Å². The fourth-order valence-electron chi connectivity index (χ4n) is 3.57. The van der Waals surface area contributed by atoms with E-state index >= 15 is 0 Å². The van der Waals surface area contributed by atoms with Crippen LogP contribution in [0.1, 0.15) is 29.8 Å². The van der Waals surface area contributed by atoms with Gasteiger partial charge in [0.25, 0.3) is 5.91 Å². The lowest BCUT2D eigenvalue weighted by Gasteiger charge is -2.26. The van der Waals surface area contributed by atoms with Crippen molar-refractivity contribution < 1.29 is 9.59 Å². The van der Waals surface area contributed by atoms with Crippen LogP contribution in [-0.4, -0.2) is 39.5 Å². The molecule has 4 aromatic rings. The lowest BCUT2D eigenvalue weighted by molar-refractivity contribution is -0.117. The predicted octanol–water partition coefficient (Wildman–Crippen LogP) is 5.67. The minimum absolute atomic E-state index is 0.0731. The maximum absolute atomic E-state index is 13.2. The van der Waals surface area contributed by atoms with Crippen LogP contribution in [0, 0.1) is 6.92 Å². The van der Waals surface area contributed by atoms with Crippen molar-refractivity contribution in [1.82, 2.24) is 15.1 Å². The zero-order valence-electron chi connectivity index (χ0n) is 19.4. The van der Waals surface area contributed by atoms with Gasteiger partial charge in [-0.25, -0.2) is 0 Å². The van der Waals surface area contributed by atoms with E-state index < -0.39 is 0 Å². The summed E-state index contributed by atoms with van der Waals surface area (Å²) in [4.78, 5) is 27.5. The second kappa shape index (κ2) is 10.4. The molecule has 0 aliphatic heterocycles. The van der Waals surface area contributed by atoms with Crippen molar-refractivity contribution in [3.05, 3.63) is 90.0 Å². The zero-order valence-corrected chi connectivity index (χ0v) is 20.2. The monoisotopic (exact) mass is 470 g/mol. The third-order valence-electron chi connectivity index (χ3n) is 5.37. The third-order valence-corrected chi connectivity index (χ3v) is 6.26. The van der Waals surface area contributed by atoms with Gasteiger partial charge in [0.05, 0.1) is 0 Å². The molecule has 0 atom stereocenters. The van der Waals surface area contributed by atoms with Gasteiger partial charge in [-0.1, -0.05) is 77.6 Å². The third kappa shape index (κ3) is 5.55. The molecule has 34 heavy (non-hydrogen) atoms. The Morgan fingerprint density at radius 2 is 1.56 bits per heavy atom. The maximum Gasteiger partial charge on any atom is 0.254 e. The highest BCUT2D eigenvalue weighted by Crippen LogP contribution is 2.27. The molecule has 0 saturated carbocycles. The molecule has 172 valence electrons. The normalized spacial score (nSPS) is 10.8. The molecule has 6 nitrogen and oxygen atoms in total. The molecule has 4 rings (SSSR count). The number of nitrogens with one attached hydrogen (secondary N) is 1. The molecule has 0 aliphatic carbocycles. The zero-order chi connectivity index (χ0) is 24.1. The van der Waals surface area contributed by atoms with Crippen LogP contribution in [0.3, 0.4) is 0 Å². The van der Waals surface area contributed by atoms with Gasteiger partial charge in [-0.15, -0.1) is 10.2 Å². The van der Waals surface area contributed by atoms with E-state index in [2.05, 4.69) is 15.5 Å². The van der Waals surface area contributed by atoms with Gasteiger partial charge < -0.3 is 4.90 Å². The number of amides is 2. The summed E-state index contributed by atoms with van der Waals surface area (Å²) >= 11 is 1.31. The minimum Gasteiger partial charge on any atom is -0.327 e. The lowest BCUT2D eigenvalue weighted by Crippen LogP contribution is -2.42. The molecule has 0 aliphatic rings. The van der Waals surface area contributed by atoms with Crippen LogP contribution in [-0.2, 0) is 4.79 Å². The van der Waals surface area contributed by atoms with Crippen LogP contribution >= 0.6 is 11.3 Å². The average Bonchev–Trinajstić information content (AvgIpc) is 3.31. The quantitative estimate of drug-likeness (QED) is 0.378. The van der Waals surface area contributed by atoms with E-state index in [1.54, 1.807) is 17.0 Å². The number of anilines is 1. The molecule has 0 fully saturated rings. The molecule has 1 heterocycles. The molecular formula is C27H26N4O2S. The number of carbonyl (C=O) groups excluding carboxylic acids is 2. The molecular weight excluding hydrogens is 444 g/mol. The van der Waals surface area contributed by atoms with E-state index in [-0.39, 0.29) is 24.4 Å². The Hall–Kier alpha value is -3.84. The van der Waals surface area contributed by atoms with Crippen molar-refractivity contribution in [1.29, 1.82) is 0 Å². The van der Waals surface area contributed by atoms with Gasteiger partial charge >= 0.3 is 0 Å². The molecule has 7 heteroatoms. The Labute approximate surface area is 203 Å². The minimum atomic E-state index is -0.310. The number of hydrogen-bond donors (Lipinski definition) is 1. The van der Waals surface area contributed by atoms with E-state index in [4.69, 9.17) is 0 Å². The van der Waals surface area contributed by atoms with Crippen LogP contribution in [0.5, 0.6) is 0 Å². The highest BCUT2D eigenvalue weighted by Gasteiger charge is 2.22. The Kier molecular flexibility index (Phi) is 7.13. The summed E-state index contributed by atoms with van der Waals surface area (Å²) in [5.74, 6) is -0.502. The van der Waals surface area contributed by atoms with Gasteiger partial charge in [0.15, 0.2) is 0 Å². The Morgan fingerprint density at radius 1 is 0.882 bits per heavy atom. The fraction of sp³-hybridized carbons (Fsp3) is 0.185. The summed E-state index contributed by atoms with van der Waals surface area (Å²) in [6.07, 6.45) is 0. The summed E-state index contributed by atoms with van der Waals surface area (Å²) in [7, 11) is 0. The number of nitrogens with zero attached hydrogens (tertiary/aromatic N) is 3. The van der Waals surface area contributed by atoms with Crippen molar-refractivity contribution in [3.63, 3.8) is 0 Å². The van der Waals surface area contributed by atoms with Crippen molar-refractivity contribution in [2.45, 2.75) is 26.8 Å². The van der Waals surface area contributed by atoms with Crippen LogP contribution in [0.2, 0.25) is 0 Å². The van der Waals surface area contributed by atoms with E-state index in [1.807, 2.05) is 87.5 Å². The number of hydrogen-bond acceptors (Lipinski definition) is 5. The SMILES string of the molecule is Cc1cccc(-c2nnc(NC(=O)CN(C(=O)c3ccc(-c4ccccc4)cc3)C(C)C)s2)c1. The Bertz CT molecular complexity index is 1280. The van der Waals surface area contributed by atoms with Crippen molar-refractivity contribution in [3.8, 4) is 21.7 Å². The maximum atomic E-state index is 13.2. The fourth-order valence-corrected chi connectivity index (χ4v) is 4.33. The molecule has 3 aromatic carbocycles. The van der Waals surface area contributed by atoms with Crippen molar-refractivity contribution in [2.75, 3.05) is 11.9 Å². The molecule has 0 bridgehead atoms. The first-order chi connectivity index (χ1) is 16.4. The molecule has 0 spiro atoms. The largest absolute Gasteiger partial charge is 0.327 e. The van der Waals surface area contributed by atoms with E-state index in [9.17, 15) is 9.59 Å². The van der Waals surface area contributed by atoms with Gasteiger partial charge in [0, 0.05) is 17.2 Å². The van der Waals surface area contributed by atoms with Gasteiger partial charge in [0.2, 0.25) is 11.0 Å². The summed E-state index contributed by atoms with van der Waals surface area (Å²) in [6, 6.07) is 25.3. The summed E-state index contributed by atoms with van der Waals surface area (Å²) < 4.78 is 0. The highest BCUT2D eigenvalue weighted by molar-refractivity contribution is 7.18. The summed E-state index contributed by atoms with van der Waals surface area (Å²) in [6.45, 7) is 5.73. The first-order valence-electron chi connectivity index (χ1n) is 11.1. The van der Waals surface area contributed by atoms with Crippen LogP contribution in [0.25, 0.3) is 21.7 Å². The molecule has 1 N–H and O–H groups in total. The van der Waals surface area contributed by atoms with E-state index in [1.165, 1.54) is 11.3 Å². The van der Waals surface area contributed by atoms with E-state index in [0.29, 0.717) is 10.7 Å². The molecule has 2 amide bonds. The summed E-state index contributed by atoms with van der Waals surface area (Å²) in [5, 5.41) is 12.2. The highest BCUT2D eigenvalue weighted by atomic mass is 32.1. The van der Waals surface area contributed by atoms with Crippen LogP contribution < -0.4 is 5.32 Å². The lowest BCUT2D eigenvalue weighted by atomic mass is 10.0. The van der Waals surface area contributed by atoms with Crippen molar-refractivity contribution >= 4 is 28.3 Å². The van der Waals surface area contributed by atoms with Gasteiger partial charge in [-0.3, -0.25) is 14.9 Å². The van der Waals surface area contributed by atoms with Gasteiger partial charge in [-0.05, 0) is 50.1 Å². The Balaban J connectivity index is 1.43. The topological polar surface area (TPSA) is 75.2 Å². The number of aryl methyl sites for hydroxylation is 1. The smallest absolute Gasteiger partial charge is 0.254 e. The Morgan fingerprint density at radius 3 is 2.24 bits per heavy atom. The van der Waals surface area contributed by atoms with E-state index in [0.717, 1.165) is 27.3 Å². The number of aromatic nitrogens is 2. The first kappa shape index (κ1) is 23.3. The second-order valence-corrected chi connectivity index (χ2v) is 9.28. The van der Waals surface area contributed by atoms with Crippen LogP contribution in [0.15, 0.2) is 78.9 Å². The number of benzene rings is 3. The standard InChI is InChI=1S/C27H26N4O2S/c1-18(2)31(26(33)22-14-12-21(13-15-22)20-9-5-4-6-10-20)17-24(32)28-27-30-29-25(34-27)23-11-7-8-19(3)16-23/h4-16,18H,17H2,1-3H3,(H,28,30,32).